The highest BCUT2D eigenvalue weighted by Gasteiger charge is 2.59. The summed E-state index contributed by atoms with van der Waals surface area (Å²) in [5.41, 5.74) is 3.50. The van der Waals surface area contributed by atoms with Crippen LogP contribution in [0, 0.1) is 57.2 Å². The smallest absolute Gasteiger partial charge is 0.472 e. The van der Waals surface area contributed by atoms with Crippen LogP contribution in [0.15, 0.2) is 29.8 Å². The van der Waals surface area contributed by atoms with E-state index in [1.54, 1.807) is 27.7 Å². The van der Waals surface area contributed by atoms with Gasteiger partial charge in [0.15, 0.2) is 0 Å². The van der Waals surface area contributed by atoms with E-state index >= 15 is 0 Å². The van der Waals surface area contributed by atoms with Crippen molar-refractivity contribution in [3.63, 3.8) is 0 Å². The Kier molecular flexibility index (Phi) is 22.1. The second kappa shape index (κ2) is 26.3. The minimum Gasteiger partial charge on any atom is -0.481 e. The molecule has 8 nitrogen and oxygen atoms in total. The van der Waals surface area contributed by atoms with Gasteiger partial charge in [-0.3, -0.25) is 18.6 Å². The number of phosphoric acid groups is 1. The fourth-order valence-electron chi connectivity index (χ4n) is 14.2. The van der Waals surface area contributed by atoms with Crippen LogP contribution in [-0.2, 0) is 42.5 Å². The molecule has 5 rings (SSSR count). The Balaban J connectivity index is 0.871. The van der Waals surface area contributed by atoms with Crippen molar-refractivity contribution < 1.29 is 38.3 Å². The van der Waals surface area contributed by atoms with Gasteiger partial charge in [0.1, 0.15) is 0 Å². The quantitative estimate of drug-likeness (QED) is 0.0370. The van der Waals surface area contributed by atoms with Gasteiger partial charge in [-0.2, -0.15) is 0 Å². The molecule has 9 heteroatoms. The first kappa shape index (κ1) is 57.9. The molecule has 0 spiro atoms. The lowest BCUT2D eigenvalue weighted by atomic mass is 9.47. The largest absolute Gasteiger partial charge is 0.481 e. The van der Waals surface area contributed by atoms with Crippen molar-refractivity contribution in [2.75, 3.05) is 6.61 Å². The van der Waals surface area contributed by atoms with Crippen LogP contribution in [0.1, 0.15) is 246 Å². The minimum atomic E-state index is -4.09. The number of hydrogen-bond acceptors (Lipinski definition) is 5. The molecule has 0 radical (unpaired) electrons. The number of unbranched alkanes of at least 4 members (excludes halogenated alkanes) is 14. The number of carboxylic acid groups (broad SMARTS) is 2. The van der Waals surface area contributed by atoms with Crippen LogP contribution < -0.4 is 0 Å². The SMILES string of the molecule is CC(C)CCCC(C)C1CCC2C3CC=C4CC(OP(=O)(O)OCCCCCCCCCCCCCCCCCc5cc(CC(C)(C)C(=O)O)cc(CC(C)(C)C(=O)O)c5)CC[C@]4(C)C3CC[C@]12C. The zero-order chi connectivity index (χ0) is 50.5. The molecule has 394 valence electrons. The summed E-state index contributed by atoms with van der Waals surface area (Å²) >= 11 is 0. The molecule has 0 bridgehead atoms. The lowest BCUT2D eigenvalue weighted by molar-refractivity contribution is -0.147. The monoisotopic (exact) mass is 981 g/mol. The molecule has 0 amide bonds. The third-order valence-corrected chi connectivity index (χ3v) is 19.5. The highest BCUT2D eigenvalue weighted by molar-refractivity contribution is 7.47. The fourth-order valence-corrected chi connectivity index (χ4v) is 15.2. The number of aryl methyl sites for hydroxylation is 1. The lowest BCUT2D eigenvalue weighted by Crippen LogP contribution is -2.51. The molecule has 3 fully saturated rings. The van der Waals surface area contributed by atoms with Gasteiger partial charge < -0.3 is 15.1 Å². The van der Waals surface area contributed by atoms with Crippen molar-refractivity contribution in [2.24, 2.45) is 57.2 Å². The van der Waals surface area contributed by atoms with Gasteiger partial charge in [-0.1, -0.05) is 167 Å². The Morgan fingerprint density at radius 1 is 0.681 bits per heavy atom. The Labute approximate surface area is 421 Å². The standard InChI is InChI=1S/C60H101O8P/c1-44(2)26-25-27-45(3)52-31-32-53-51-30-29-49-41-50(33-35-59(49,8)54(51)34-36-60(52,53)9)68-69(65,66)67-37-24-22-20-18-16-14-12-10-11-13-15-17-19-21-23-28-46-38-47(42-57(4,5)55(61)62)40-48(39-46)43-58(6,7)56(63)64/h29,38-40,44-45,50-54H,10-28,30-37,41-43H2,1-9H3,(H,61,62)(H,63,64)(H,65,66)/t45?,50?,51?,52?,53?,54?,59-,60+/m0/s1. The van der Waals surface area contributed by atoms with Crippen LogP contribution in [0.5, 0.6) is 0 Å². The minimum absolute atomic E-state index is 0.191. The first-order valence-corrected chi connectivity index (χ1v) is 30.0. The van der Waals surface area contributed by atoms with Gasteiger partial charge in [0.2, 0.25) is 0 Å². The number of benzene rings is 1. The van der Waals surface area contributed by atoms with Crippen LogP contribution in [0.3, 0.4) is 0 Å². The maximum absolute atomic E-state index is 13.1. The third kappa shape index (κ3) is 16.8. The zero-order valence-corrected chi connectivity index (χ0v) is 46.3. The summed E-state index contributed by atoms with van der Waals surface area (Å²) < 4.78 is 24.5. The molecule has 4 aliphatic rings. The summed E-state index contributed by atoms with van der Waals surface area (Å²) in [5, 5.41) is 19.4. The van der Waals surface area contributed by atoms with Crippen LogP contribution in [0.2, 0.25) is 0 Å². The van der Waals surface area contributed by atoms with Crippen LogP contribution in [0.4, 0.5) is 0 Å². The van der Waals surface area contributed by atoms with Crippen LogP contribution in [-0.4, -0.2) is 39.8 Å². The van der Waals surface area contributed by atoms with Crippen molar-refractivity contribution in [1.29, 1.82) is 0 Å². The van der Waals surface area contributed by atoms with Crippen molar-refractivity contribution >= 4 is 19.8 Å². The van der Waals surface area contributed by atoms with Crippen molar-refractivity contribution in [3.8, 4) is 0 Å². The lowest BCUT2D eigenvalue weighted by Gasteiger charge is -2.58. The number of fused-ring (bicyclic) bond motifs is 5. The molecule has 3 saturated carbocycles. The Hall–Kier alpha value is -1.99. The Morgan fingerprint density at radius 3 is 1.74 bits per heavy atom. The van der Waals surface area contributed by atoms with Gasteiger partial charge in [-0.25, -0.2) is 4.57 Å². The second-order valence-corrected chi connectivity index (χ2v) is 26.9. The summed E-state index contributed by atoms with van der Waals surface area (Å²) in [6, 6.07) is 6.25. The average Bonchev–Trinajstić information content (AvgIpc) is 3.62. The van der Waals surface area contributed by atoms with Crippen LogP contribution >= 0.6 is 7.82 Å². The summed E-state index contributed by atoms with van der Waals surface area (Å²) in [5.74, 6) is 3.19. The van der Waals surface area contributed by atoms with Gasteiger partial charge in [0, 0.05) is 0 Å². The molecule has 0 aromatic heterocycles. The van der Waals surface area contributed by atoms with Gasteiger partial charge in [-0.15, -0.1) is 0 Å². The summed E-state index contributed by atoms with van der Waals surface area (Å²) in [4.78, 5) is 34.3. The van der Waals surface area contributed by atoms with E-state index in [0.717, 1.165) is 104 Å². The Morgan fingerprint density at radius 2 is 1.20 bits per heavy atom. The molecule has 1 aromatic rings. The van der Waals surface area contributed by atoms with Gasteiger partial charge in [0.05, 0.1) is 23.5 Å². The highest BCUT2D eigenvalue weighted by atomic mass is 31.2. The van der Waals surface area contributed by atoms with Gasteiger partial charge >= 0.3 is 19.8 Å². The number of hydrogen-bond donors (Lipinski definition) is 3. The number of phosphoric ester groups is 1. The van der Waals surface area contributed by atoms with Gasteiger partial charge in [0.25, 0.3) is 0 Å². The topological polar surface area (TPSA) is 130 Å². The molecular weight excluding hydrogens is 880 g/mol. The normalized spacial score (nSPS) is 27.3. The first-order chi connectivity index (χ1) is 32.6. The molecule has 0 heterocycles. The summed E-state index contributed by atoms with van der Waals surface area (Å²) in [7, 11) is -4.09. The van der Waals surface area contributed by atoms with E-state index in [-0.39, 0.29) is 18.1 Å². The molecule has 0 saturated heterocycles. The van der Waals surface area contributed by atoms with E-state index in [2.05, 4.69) is 52.8 Å². The summed E-state index contributed by atoms with van der Waals surface area (Å²) in [6.07, 6.45) is 35.4. The van der Waals surface area contributed by atoms with E-state index in [4.69, 9.17) is 9.05 Å². The van der Waals surface area contributed by atoms with Gasteiger partial charge in [-0.05, 0) is 174 Å². The van der Waals surface area contributed by atoms with E-state index in [0.29, 0.717) is 18.3 Å². The third-order valence-electron chi connectivity index (χ3n) is 18.5. The average molecular weight is 981 g/mol. The Bertz CT molecular complexity index is 1800. The molecule has 3 N–H and O–H groups in total. The predicted octanol–water partition coefficient (Wildman–Crippen LogP) is 16.9. The molecule has 69 heavy (non-hydrogen) atoms. The summed E-state index contributed by atoms with van der Waals surface area (Å²) in [6.45, 7) is 19.7. The maximum Gasteiger partial charge on any atom is 0.472 e. The zero-order valence-electron chi connectivity index (χ0n) is 45.4. The van der Waals surface area contributed by atoms with E-state index in [1.165, 1.54) is 127 Å². The molecule has 1 aromatic carbocycles. The van der Waals surface area contributed by atoms with Crippen molar-refractivity contribution in [3.05, 3.63) is 46.5 Å². The molecular formula is C60H101O8P. The molecule has 0 aliphatic heterocycles. The molecule has 9 atom stereocenters. The number of allylic oxidation sites excluding steroid dienone is 1. The number of aliphatic carboxylic acids is 2. The maximum atomic E-state index is 13.1. The van der Waals surface area contributed by atoms with E-state index in [1.807, 2.05) is 6.07 Å². The van der Waals surface area contributed by atoms with E-state index < -0.39 is 30.6 Å². The van der Waals surface area contributed by atoms with Crippen LogP contribution in [0.25, 0.3) is 0 Å². The van der Waals surface area contributed by atoms with E-state index in [9.17, 15) is 29.3 Å². The fraction of sp³-hybridized carbons (Fsp3) is 0.833. The number of rotatable bonds is 32. The predicted molar refractivity (Wildman–Crippen MR) is 283 cm³/mol. The van der Waals surface area contributed by atoms with Crippen molar-refractivity contribution in [1.82, 2.24) is 0 Å². The molecule has 7 unspecified atom stereocenters. The first-order valence-electron chi connectivity index (χ1n) is 28.5. The highest BCUT2D eigenvalue weighted by Crippen LogP contribution is 2.68. The number of carboxylic acids is 2. The number of carbonyl (C=O) groups is 2. The van der Waals surface area contributed by atoms with Crippen molar-refractivity contribution in [2.45, 2.75) is 255 Å². The second-order valence-electron chi connectivity index (χ2n) is 25.5. The molecule has 4 aliphatic carbocycles.